The van der Waals surface area contributed by atoms with E-state index in [9.17, 15) is 13.2 Å². The average molecular weight is 476 g/mol. The summed E-state index contributed by atoms with van der Waals surface area (Å²) >= 11 is 1.68. The van der Waals surface area contributed by atoms with Crippen molar-refractivity contribution in [3.63, 3.8) is 0 Å². The first-order chi connectivity index (χ1) is 15.5. The van der Waals surface area contributed by atoms with Gasteiger partial charge in [0.2, 0.25) is 10.0 Å². The van der Waals surface area contributed by atoms with Gasteiger partial charge in [-0.05, 0) is 54.8 Å². The molecule has 0 saturated carbocycles. The molecule has 3 aromatic rings. The number of hydrogen-bond donors (Lipinski definition) is 1. The molecule has 1 saturated heterocycles. The highest BCUT2D eigenvalue weighted by Gasteiger charge is 2.27. The van der Waals surface area contributed by atoms with Crippen LogP contribution in [-0.4, -0.2) is 71.5 Å². The average Bonchev–Trinajstić information content (AvgIpc) is 3.26. The van der Waals surface area contributed by atoms with Crippen LogP contribution in [0, 0.1) is 0 Å². The molecule has 0 unspecified atom stereocenters. The van der Waals surface area contributed by atoms with Crippen molar-refractivity contribution < 1.29 is 17.9 Å². The molecule has 32 heavy (non-hydrogen) atoms. The Hall–Kier alpha value is -2.47. The summed E-state index contributed by atoms with van der Waals surface area (Å²) in [6.45, 7) is 1.42. The number of sulfonamides is 1. The quantitative estimate of drug-likeness (QED) is 0.531. The predicted octanol–water partition coefficient (Wildman–Crippen LogP) is 1.97. The number of amides is 1. The summed E-state index contributed by atoms with van der Waals surface area (Å²) in [7, 11) is -3.60. The normalized spacial score (nSPS) is 16.2. The Kier molecular flexibility index (Phi) is 7.09. The second kappa shape index (κ2) is 9.99. The third kappa shape index (κ3) is 4.80. The molecule has 0 spiro atoms. The van der Waals surface area contributed by atoms with Crippen LogP contribution in [-0.2, 0) is 14.8 Å². The number of fused-ring (bicyclic) bond motifs is 1. The smallest absolute Gasteiger partial charge is 0.251 e. The number of benzene rings is 1. The van der Waals surface area contributed by atoms with E-state index in [1.807, 2.05) is 35.1 Å². The van der Waals surface area contributed by atoms with Gasteiger partial charge >= 0.3 is 0 Å². The van der Waals surface area contributed by atoms with Gasteiger partial charge in [-0.2, -0.15) is 16.1 Å². The van der Waals surface area contributed by atoms with Crippen LogP contribution in [0.15, 0.2) is 53.6 Å². The number of ether oxygens (including phenoxy) is 1. The highest BCUT2D eigenvalue weighted by molar-refractivity contribution is 7.98. The van der Waals surface area contributed by atoms with Crippen LogP contribution in [0.25, 0.3) is 5.65 Å². The molecule has 0 aliphatic carbocycles. The number of thioether (sulfide) groups is 1. The summed E-state index contributed by atoms with van der Waals surface area (Å²) in [6, 6.07) is 11.3. The Morgan fingerprint density at radius 1 is 1.16 bits per heavy atom. The number of pyridine rings is 1. The van der Waals surface area contributed by atoms with Gasteiger partial charge in [-0.1, -0.05) is 6.07 Å². The van der Waals surface area contributed by atoms with Gasteiger partial charge in [-0.3, -0.25) is 9.20 Å². The standard InChI is InChI=1S/C21H25N5O4S2/c1-31-15-9-18(20-24-23-19-4-2-3-10-26(19)20)22-21(27)16-5-7-17(8-6-16)32(28,29)25-11-13-30-14-12-25/h2-8,10,18H,9,11-15H2,1H3,(H,22,27)/t18-/m0/s1. The van der Waals surface area contributed by atoms with Crippen LogP contribution >= 0.6 is 11.8 Å². The van der Waals surface area contributed by atoms with Gasteiger partial charge in [0.05, 0.1) is 24.2 Å². The lowest BCUT2D eigenvalue weighted by Crippen LogP contribution is -2.40. The Morgan fingerprint density at radius 3 is 2.62 bits per heavy atom. The summed E-state index contributed by atoms with van der Waals surface area (Å²) in [5.74, 6) is 1.21. The molecular weight excluding hydrogens is 450 g/mol. The Balaban J connectivity index is 1.52. The van der Waals surface area contributed by atoms with Gasteiger partial charge in [0.15, 0.2) is 11.5 Å². The Morgan fingerprint density at radius 2 is 1.91 bits per heavy atom. The monoisotopic (exact) mass is 475 g/mol. The van der Waals surface area contributed by atoms with E-state index in [1.54, 1.807) is 11.8 Å². The summed E-state index contributed by atoms with van der Waals surface area (Å²) in [5.41, 5.74) is 1.09. The summed E-state index contributed by atoms with van der Waals surface area (Å²) in [5, 5.41) is 11.5. The lowest BCUT2D eigenvalue weighted by atomic mass is 10.1. The summed E-state index contributed by atoms with van der Waals surface area (Å²) < 4.78 is 34.1. The zero-order valence-electron chi connectivity index (χ0n) is 17.7. The maximum Gasteiger partial charge on any atom is 0.251 e. The van der Waals surface area contributed by atoms with Crippen LogP contribution in [0.1, 0.15) is 28.6 Å². The van der Waals surface area contributed by atoms with Gasteiger partial charge in [0.25, 0.3) is 5.91 Å². The minimum Gasteiger partial charge on any atom is -0.379 e. The fraction of sp³-hybridized carbons (Fsp3) is 0.381. The molecular formula is C21H25N5O4S2. The molecule has 9 nitrogen and oxygen atoms in total. The molecule has 2 aromatic heterocycles. The van der Waals surface area contributed by atoms with Crippen molar-refractivity contribution in [2.24, 2.45) is 0 Å². The zero-order valence-corrected chi connectivity index (χ0v) is 19.3. The van der Waals surface area contributed by atoms with Crippen LogP contribution in [0.4, 0.5) is 0 Å². The summed E-state index contributed by atoms with van der Waals surface area (Å²) in [6.07, 6.45) is 4.56. The van der Waals surface area contributed by atoms with E-state index in [4.69, 9.17) is 4.74 Å². The molecule has 1 aliphatic rings. The Labute approximate surface area is 191 Å². The fourth-order valence-electron chi connectivity index (χ4n) is 3.55. The molecule has 0 bridgehead atoms. The number of nitrogens with zero attached hydrogens (tertiary/aromatic N) is 4. The van der Waals surface area contributed by atoms with Crippen LogP contribution in [0.3, 0.4) is 0 Å². The van der Waals surface area contributed by atoms with Gasteiger partial charge in [-0.25, -0.2) is 8.42 Å². The molecule has 170 valence electrons. The third-order valence-electron chi connectivity index (χ3n) is 5.29. The first-order valence-electron chi connectivity index (χ1n) is 10.3. The minimum atomic E-state index is -3.60. The van der Waals surface area contributed by atoms with E-state index in [0.717, 1.165) is 5.75 Å². The van der Waals surface area contributed by atoms with Crippen LogP contribution in [0.5, 0.6) is 0 Å². The number of nitrogens with one attached hydrogen (secondary N) is 1. The second-order valence-corrected chi connectivity index (χ2v) is 10.3. The topological polar surface area (TPSA) is 106 Å². The maximum absolute atomic E-state index is 13.0. The van der Waals surface area contributed by atoms with Crippen molar-refractivity contribution in [3.05, 3.63) is 60.0 Å². The third-order valence-corrected chi connectivity index (χ3v) is 7.85. The number of carbonyl (C=O) groups is 1. The van der Waals surface area contributed by atoms with E-state index >= 15 is 0 Å². The number of hydrogen-bond acceptors (Lipinski definition) is 7. The van der Waals surface area contributed by atoms with Crippen molar-refractivity contribution in [2.45, 2.75) is 17.4 Å². The highest BCUT2D eigenvalue weighted by atomic mass is 32.2. The molecule has 11 heteroatoms. The molecule has 3 heterocycles. The van der Waals surface area contributed by atoms with Gasteiger partial charge in [0.1, 0.15) is 0 Å². The molecule has 1 atom stereocenters. The van der Waals surface area contributed by atoms with E-state index in [-0.39, 0.29) is 16.8 Å². The maximum atomic E-state index is 13.0. The van der Waals surface area contributed by atoms with E-state index in [1.165, 1.54) is 28.6 Å². The van der Waals surface area contributed by atoms with Crippen molar-refractivity contribution in [1.29, 1.82) is 0 Å². The van der Waals surface area contributed by atoms with Crippen LogP contribution in [0.2, 0.25) is 0 Å². The van der Waals surface area contributed by atoms with Crippen molar-refractivity contribution >= 4 is 33.3 Å². The molecule has 1 fully saturated rings. The van der Waals surface area contributed by atoms with Crippen molar-refractivity contribution in [2.75, 3.05) is 38.3 Å². The zero-order chi connectivity index (χ0) is 22.6. The van der Waals surface area contributed by atoms with Gasteiger partial charge < -0.3 is 10.1 Å². The minimum absolute atomic E-state index is 0.165. The number of morpholine rings is 1. The van der Waals surface area contributed by atoms with Gasteiger partial charge in [-0.15, -0.1) is 10.2 Å². The SMILES string of the molecule is CSCC[C@H](NC(=O)c1ccc(S(=O)(=O)N2CCOCC2)cc1)c1nnc2ccccn12. The second-order valence-electron chi connectivity index (χ2n) is 7.34. The van der Waals surface area contributed by atoms with Crippen LogP contribution < -0.4 is 5.32 Å². The van der Waals surface area contributed by atoms with Crippen molar-refractivity contribution in [3.8, 4) is 0 Å². The van der Waals surface area contributed by atoms with E-state index < -0.39 is 10.0 Å². The lowest BCUT2D eigenvalue weighted by molar-refractivity contribution is 0.0730. The molecule has 1 N–H and O–H groups in total. The van der Waals surface area contributed by atoms with Gasteiger partial charge in [0, 0.05) is 24.8 Å². The lowest BCUT2D eigenvalue weighted by Gasteiger charge is -2.26. The van der Waals surface area contributed by atoms with E-state index in [2.05, 4.69) is 15.5 Å². The molecule has 0 radical (unpaired) electrons. The largest absolute Gasteiger partial charge is 0.379 e. The number of carbonyl (C=O) groups excluding carboxylic acids is 1. The Bertz CT molecular complexity index is 1170. The molecule has 1 amide bonds. The summed E-state index contributed by atoms with van der Waals surface area (Å²) in [4.78, 5) is 13.1. The molecule has 1 aliphatic heterocycles. The fourth-order valence-corrected chi connectivity index (χ4v) is 5.43. The van der Waals surface area contributed by atoms with E-state index in [0.29, 0.717) is 49.8 Å². The predicted molar refractivity (Wildman–Crippen MR) is 122 cm³/mol. The molecule has 1 aromatic carbocycles. The molecule has 4 rings (SSSR count). The first kappa shape index (κ1) is 22.7. The number of aromatic nitrogens is 3. The van der Waals surface area contributed by atoms with Crippen molar-refractivity contribution in [1.82, 2.24) is 24.2 Å². The number of rotatable bonds is 8. The first-order valence-corrected chi connectivity index (χ1v) is 13.1. The highest BCUT2D eigenvalue weighted by Crippen LogP contribution is 2.21.